The molecule has 1 unspecified atom stereocenters. The topological polar surface area (TPSA) is 41.1 Å². The van der Waals surface area contributed by atoms with Gasteiger partial charge in [-0.2, -0.15) is 0 Å². The number of nitrogens with one attached hydrogen (secondary N) is 2. The van der Waals surface area contributed by atoms with Gasteiger partial charge in [-0.25, -0.2) is 0 Å². The van der Waals surface area contributed by atoms with Crippen molar-refractivity contribution in [3.63, 3.8) is 0 Å². The summed E-state index contributed by atoms with van der Waals surface area (Å²) < 4.78 is 0.810. The Balaban J connectivity index is 0.00000180. The average Bonchev–Trinajstić information content (AvgIpc) is 2.98. The van der Waals surface area contributed by atoms with Gasteiger partial charge in [0.05, 0.1) is 4.34 Å². The van der Waals surface area contributed by atoms with E-state index in [9.17, 15) is 4.79 Å². The Morgan fingerprint density at radius 1 is 1.53 bits per heavy atom. The van der Waals surface area contributed by atoms with Crippen LogP contribution >= 0.6 is 35.3 Å². The summed E-state index contributed by atoms with van der Waals surface area (Å²) in [5, 5.41) is 6.29. The molecule has 19 heavy (non-hydrogen) atoms. The van der Waals surface area contributed by atoms with Crippen molar-refractivity contribution in [1.29, 1.82) is 0 Å². The fraction of sp³-hybridized carbons (Fsp3) is 0.615. The van der Waals surface area contributed by atoms with Crippen LogP contribution < -0.4 is 10.6 Å². The summed E-state index contributed by atoms with van der Waals surface area (Å²) in [5.41, 5.74) is 0. The number of amides is 1. The predicted octanol–water partition coefficient (Wildman–Crippen LogP) is 2.87. The van der Waals surface area contributed by atoms with Crippen LogP contribution in [0.2, 0.25) is 4.34 Å². The number of hydrogen-bond acceptors (Lipinski definition) is 3. The Morgan fingerprint density at radius 2 is 2.37 bits per heavy atom. The molecular formula is C13H20Cl2N2OS. The first kappa shape index (κ1) is 16.8. The van der Waals surface area contributed by atoms with Crippen LogP contribution in [-0.2, 0) is 11.2 Å². The van der Waals surface area contributed by atoms with Crippen LogP contribution in [0, 0.1) is 5.92 Å². The van der Waals surface area contributed by atoms with Gasteiger partial charge in [-0.05, 0) is 50.4 Å². The molecule has 1 saturated heterocycles. The Kier molecular flexibility index (Phi) is 7.76. The first-order valence-corrected chi connectivity index (χ1v) is 7.65. The molecule has 108 valence electrons. The molecule has 1 aromatic rings. The van der Waals surface area contributed by atoms with E-state index in [2.05, 4.69) is 10.6 Å². The summed E-state index contributed by atoms with van der Waals surface area (Å²) in [7, 11) is 0. The molecule has 6 heteroatoms. The van der Waals surface area contributed by atoms with Crippen LogP contribution in [0.1, 0.15) is 24.1 Å². The van der Waals surface area contributed by atoms with Gasteiger partial charge in [0, 0.05) is 17.8 Å². The zero-order valence-corrected chi connectivity index (χ0v) is 13.2. The van der Waals surface area contributed by atoms with Gasteiger partial charge in [0.2, 0.25) is 5.91 Å². The predicted molar refractivity (Wildman–Crippen MR) is 83.5 cm³/mol. The zero-order chi connectivity index (χ0) is 12.8. The SMILES string of the molecule is Cl.O=C(CCC1CCNC1)NCCc1ccc(Cl)s1. The van der Waals surface area contributed by atoms with E-state index in [0.29, 0.717) is 18.9 Å². The van der Waals surface area contributed by atoms with Gasteiger partial charge in [-0.15, -0.1) is 23.7 Å². The maximum atomic E-state index is 11.6. The largest absolute Gasteiger partial charge is 0.356 e. The number of hydrogen-bond donors (Lipinski definition) is 2. The summed E-state index contributed by atoms with van der Waals surface area (Å²) in [4.78, 5) is 12.9. The van der Waals surface area contributed by atoms with Gasteiger partial charge in [0.15, 0.2) is 0 Å². The molecular weight excluding hydrogens is 303 g/mol. The molecule has 1 aromatic heterocycles. The Hall–Kier alpha value is -0.290. The lowest BCUT2D eigenvalue weighted by Crippen LogP contribution is -2.26. The molecule has 0 aliphatic carbocycles. The van der Waals surface area contributed by atoms with E-state index in [0.717, 1.165) is 30.3 Å². The molecule has 2 heterocycles. The maximum absolute atomic E-state index is 11.6. The van der Waals surface area contributed by atoms with Gasteiger partial charge in [-0.3, -0.25) is 4.79 Å². The zero-order valence-electron chi connectivity index (χ0n) is 10.8. The van der Waals surface area contributed by atoms with Crippen LogP contribution in [0.3, 0.4) is 0 Å². The molecule has 1 amide bonds. The minimum atomic E-state index is 0. The second-order valence-corrected chi connectivity index (χ2v) is 6.50. The minimum absolute atomic E-state index is 0. The molecule has 3 nitrogen and oxygen atoms in total. The molecule has 0 radical (unpaired) electrons. The highest BCUT2D eigenvalue weighted by atomic mass is 35.5. The minimum Gasteiger partial charge on any atom is -0.356 e. The third kappa shape index (κ3) is 6.13. The first-order chi connectivity index (χ1) is 8.74. The van der Waals surface area contributed by atoms with Gasteiger partial charge < -0.3 is 10.6 Å². The molecule has 0 spiro atoms. The highest BCUT2D eigenvalue weighted by Gasteiger charge is 2.15. The van der Waals surface area contributed by atoms with Gasteiger partial charge in [0.1, 0.15) is 0 Å². The first-order valence-electron chi connectivity index (χ1n) is 6.45. The Labute approximate surface area is 129 Å². The van der Waals surface area contributed by atoms with Gasteiger partial charge in [-0.1, -0.05) is 11.6 Å². The Bertz CT molecular complexity index is 392. The van der Waals surface area contributed by atoms with Crippen LogP contribution in [0.15, 0.2) is 12.1 Å². The fourth-order valence-corrected chi connectivity index (χ4v) is 3.28. The molecule has 0 bridgehead atoms. The third-order valence-corrected chi connectivity index (χ3v) is 4.56. The summed E-state index contributed by atoms with van der Waals surface area (Å²) >= 11 is 7.43. The molecule has 1 aliphatic rings. The van der Waals surface area contributed by atoms with Crippen molar-refractivity contribution in [3.8, 4) is 0 Å². The van der Waals surface area contributed by atoms with E-state index in [-0.39, 0.29) is 18.3 Å². The number of rotatable bonds is 6. The summed E-state index contributed by atoms with van der Waals surface area (Å²) in [6, 6.07) is 3.92. The van der Waals surface area contributed by atoms with Crippen LogP contribution in [0.25, 0.3) is 0 Å². The lowest BCUT2D eigenvalue weighted by Gasteiger charge is -2.08. The van der Waals surface area contributed by atoms with E-state index in [1.165, 1.54) is 11.3 Å². The number of carbonyl (C=O) groups is 1. The second kappa shape index (κ2) is 8.80. The maximum Gasteiger partial charge on any atom is 0.220 e. The normalized spacial score (nSPS) is 18.1. The van der Waals surface area contributed by atoms with Crippen molar-refractivity contribution < 1.29 is 4.79 Å². The number of carbonyl (C=O) groups excluding carboxylic acids is 1. The fourth-order valence-electron chi connectivity index (χ4n) is 2.20. The number of thiophene rings is 1. The quantitative estimate of drug-likeness (QED) is 0.845. The van der Waals surface area contributed by atoms with Crippen molar-refractivity contribution in [3.05, 3.63) is 21.3 Å². The number of halogens is 2. The summed E-state index contributed by atoms with van der Waals surface area (Å²) in [6.07, 6.45) is 3.73. The van der Waals surface area contributed by atoms with Gasteiger partial charge >= 0.3 is 0 Å². The van der Waals surface area contributed by atoms with Crippen LogP contribution in [0.4, 0.5) is 0 Å². The smallest absolute Gasteiger partial charge is 0.220 e. The van der Waals surface area contributed by atoms with Crippen molar-refractivity contribution in [2.45, 2.75) is 25.7 Å². The summed E-state index contributed by atoms with van der Waals surface area (Å²) in [5.74, 6) is 0.858. The van der Waals surface area contributed by atoms with Gasteiger partial charge in [0.25, 0.3) is 0 Å². The molecule has 0 aromatic carbocycles. The molecule has 1 fully saturated rings. The molecule has 2 N–H and O–H groups in total. The lowest BCUT2D eigenvalue weighted by molar-refractivity contribution is -0.121. The van der Waals surface area contributed by atoms with E-state index in [1.54, 1.807) is 11.3 Å². The van der Waals surface area contributed by atoms with Crippen molar-refractivity contribution >= 4 is 41.3 Å². The lowest BCUT2D eigenvalue weighted by atomic mass is 10.0. The molecule has 2 rings (SSSR count). The molecule has 0 saturated carbocycles. The molecule has 1 atom stereocenters. The highest BCUT2D eigenvalue weighted by Crippen LogP contribution is 2.21. The standard InChI is InChI=1S/C13H19ClN2OS.ClH/c14-12-3-2-11(18-12)6-8-16-13(17)4-1-10-5-7-15-9-10;/h2-3,10,15H,1,4-9H2,(H,16,17);1H. The second-order valence-electron chi connectivity index (χ2n) is 4.70. The Morgan fingerprint density at radius 3 is 3.00 bits per heavy atom. The monoisotopic (exact) mass is 322 g/mol. The van der Waals surface area contributed by atoms with E-state index < -0.39 is 0 Å². The third-order valence-electron chi connectivity index (χ3n) is 3.26. The van der Waals surface area contributed by atoms with Crippen molar-refractivity contribution in [1.82, 2.24) is 10.6 Å². The van der Waals surface area contributed by atoms with E-state index in [4.69, 9.17) is 11.6 Å². The van der Waals surface area contributed by atoms with Crippen molar-refractivity contribution in [2.75, 3.05) is 19.6 Å². The highest BCUT2D eigenvalue weighted by molar-refractivity contribution is 7.16. The van der Waals surface area contributed by atoms with E-state index in [1.807, 2.05) is 12.1 Å². The average molecular weight is 323 g/mol. The molecule has 1 aliphatic heterocycles. The van der Waals surface area contributed by atoms with E-state index >= 15 is 0 Å². The summed E-state index contributed by atoms with van der Waals surface area (Å²) in [6.45, 7) is 2.88. The van der Waals surface area contributed by atoms with Crippen molar-refractivity contribution in [2.24, 2.45) is 5.92 Å². The van der Waals surface area contributed by atoms with Crippen LogP contribution in [0.5, 0.6) is 0 Å². The van der Waals surface area contributed by atoms with Crippen LogP contribution in [-0.4, -0.2) is 25.5 Å².